The van der Waals surface area contributed by atoms with E-state index >= 15 is 0 Å². The predicted molar refractivity (Wildman–Crippen MR) is 66.7 cm³/mol. The van der Waals surface area contributed by atoms with Gasteiger partial charge in [0.2, 0.25) is 0 Å². The lowest BCUT2D eigenvalue weighted by molar-refractivity contribution is 0.125. The second-order valence-electron chi connectivity index (χ2n) is 5.06. The van der Waals surface area contributed by atoms with Gasteiger partial charge in [-0.15, -0.1) is 0 Å². The Morgan fingerprint density at radius 2 is 2.19 bits per heavy atom. The van der Waals surface area contributed by atoms with Crippen LogP contribution in [-0.2, 0) is 9.47 Å². The molecule has 1 aliphatic heterocycles. The molecule has 1 atom stereocenters. The van der Waals surface area contributed by atoms with Gasteiger partial charge in [-0.3, -0.25) is 0 Å². The summed E-state index contributed by atoms with van der Waals surface area (Å²) in [7, 11) is 0. The summed E-state index contributed by atoms with van der Waals surface area (Å²) in [6.45, 7) is 10.2. The Hall–Kier alpha value is -0.120. The standard InChI is InChI=1S/C13H27NO2/c1-12(2)4-8-15-10-7-14-6-3-13-5-9-16-11-13/h12-14H,3-11H2,1-2H3. The second-order valence-corrected chi connectivity index (χ2v) is 5.06. The minimum Gasteiger partial charge on any atom is -0.381 e. The molecular weight excluding hydrogens is 202 g/mol. The highest BCUT2D eigenvalue weighted by Crippen LogP contribution is 2.14. The summed E-state index contributed by atoms with van der Waals surface area (Å²) >= 11 is 0. The molecule has 0 aliphatic carbocycles. The third kappa shape index (κ3) is 7.20. The maximum Gasteiger partial charge on any atom is 0.0590 e. The highest BCUT2D eigenvalue weighted by Gasteiger charge is 2.14. The van der Waals surface area contributed by atoms with Gasteiger partial charge in [0.05, 0.1) is 6.61 Å². The Balaban J connectivity index is 1.74. The van der Waals surface area contributed by atoms with Gasteiger partial charge >= 0.3 is 0 Å². The molecule has 0 bridgehead atoms. The van der Waals surface area contributed by atoms with Crippen molar-refractivity contribution >= 4 is 0 Å². The van der Waals surface area contributed by atoms with Crippen LogP contribution in [-0.4, -0.2) is 39.5 Å². The zero-order valence-electron chi connectivity index (χ0n) is 10.8. The van der Waals surface area contributed by atoms with Crippen molar-refractivity contribution in [2.75, 3.05) is 39.5 Å². The first-order valence-corrected chi connectivity index (χ1v) is 6.65. The average molecular weight is 229 g/mol. The summed E-state index contributed by atoms with van der Waals surface area (Å²) in [5, 5.41) is 3.42. The van der Waals surface area contributed by atoms with Crippen LogP contribution >= 0.6 is 0 Å². The number of ether oxygens (including phenoxy) is 2. The first kappa shape index (κ1) is 13.9. The van der Waals surface area contributed by atoms with Crippen molar-refractivity contribution in [3.05, 3.63) is 0 Å². The molecule has 0 aromatic carbocycles. The Bertz CT molecular complexity index is 156. The van der Waals surface area contributed by atoms with Crippen LogP contribution in [0.15, 0.2) is 0 Å². The predicted octanol–water partition coefficient (Wildman–Crippen LogP) is 2.07. The van der Waals surface area contributed by atoms with Crippen molar-refractivity contribution in [1.82, 2.24) is 5.32 Å². The lowest BCUT2D eigenvalue weighted by atomic mass is 10.1. The van der Waals surface area contributed by atoms with E-state index in [2.05, 4.69) is 19.2 Å². The van der Waals surface area contributed by atoms with Crippen LogP contribution in [0.5, 0.6) is 0 Å². The van der Waals surface area contributed by atoms with Gasteiger partial charge in [0.25, 0.3) is 0 Å². The molecule has 1 heterocycles. The monoisotopic (exact) mass is 229 g/mol. The van der Waals surface area contributed by atoms with Gasteiger partial charge in [-0.25, -0.2) is 0 Å². The van der Waals surface area contributed by atoms with E-state index in [9.17, 15) is 0 Å². The zero-order valence-corrected chi connectivity index (χ0v) is 10.8. The van der Waals surface area contributed by atoms with E-state index in [-0.39, 0.29) is 0 Å². The van der Waals surface area contributed by atoms with Crippen molar-refractivity contribution in [2.45, 2.75) is 33.1 Å². The van der Waals surface area contributed by atoms with E-state index in [0.717, 1.165) is 51.4 Å². The number of nitrogens with one attached hydrogen (secondary N) is 1. The molecule has 1 rings (SSSR count). The molecular formula is C13H27NO2. The SMILES string of the molecule is CC(C)CCOCCNCCC1CCOC1. The van der Waals surface area contributed by atoms with Crippen molar-refractivity contribution in [1.29, 1.82) is 0 Å². The van der Waals surface area contributed by atoms with Gasteiger partial charge in [-0.05, 0) is 37.6 Å². The zero-order chi connectivity index (χ0) is 11.6. The molecule has 0 aromatic rings. The van der Waals surface area contributed by atoms with Gasteiger partial charge in [0.15, 0.2) is 0 Å². The minimum absolute atomic E-state index is 0.746. The number of rotatable bonds is 9. The summed E-state index contributed by atoms with van der Waals surface area (Å²) in [5.41, 5.74) is 0. The van der Waals surface area contributed by atoms with Crippen LogP contribution in [0.25, 0.3) is 0 Å². The average Bonchev–Trinajstić information content (AvgIpc) is 2.74. The fourth-order valence-corrected chi connectivity index (χ4v) is 1.81. The molecule has 1 N–H and O–H groups in total. The second kappa shape index (κ2) is 8.97. The molecule has 1 unspecified atom stereocenters. The van der Waals surface area contributed by atoms with Crippen LogP contribution in [0, 0.1) is 11.8 Å². The van der Waals surface area contributed by atoms with E-state index < -0.39 is 0 Å². The summed E-state index contributed by atoms with van der Waals surface area (Å²) in [6, 6.07) is 0. The van der Waals surface area contributed by atoms with E-state index in [4.69, 9.17) is 9.47 Å². The van der Waals surface area contributed by atoms with Gasteiger partial charge in [-0.1, -0.05) is 13.8 Å². The molecule has 0 spiro atoms. The first-order valence-electron chi connectivity index (χ1n) is 6.65. The Morgan fingerprint density at radius 3 is 2.88 bits per heavy atom. The van der Waals surface area contributed by atoms with Crippen molar-refractivity contribution in [3.63, 3.8) is 0 Å². The van der Waals surface area contributed by atoms with Crippen molar-refractivity contribution < 1.29 is 9.47 Å². The molecule has 3 nitrogen and oxygen atoms in total. The van der Waals surface area contributed by atoms with Crippen LogP contribution in [0.2, 0.25) is 0 Å². The van der Waals surface area contributed by atoms with Gasteiger partial charge in [0.1, 0.15) is 0 Å². The third-order valence-electron chi connectivity index (χ3n) is 3.02. The minimum atomic E-state index is 0.746. The van der Waals surface area contributed by atoms with Gasteiger partial charge in [-0.2, -0.15) is 0 Å². The molecule has 0 radical (unpaired) electrons. The third-order valence-corrected chi connectivity index (χ3v) is 3.02. The number of hydrogen-bond donors (Lipinski definition) is 1. The van der Waals surface area contributed by atoms with Crippen LogP contribution in [0.1, 0.15) is 33.1 Å². The Kier molecular flexibility index (Phi) is 7.81. The van der Waals surface area contributed by atoms with Crippen LogP contribution in [0.4, 0.5) is 0 Å². The summed E-state index contributed by atoms with van der Waals surface area (Å²) in [5.74, 6) is 1.53. The topological polar surface area (TPSA) is 30.5 Å². The lowest BCUT2D eigenvalue weighted by Gasteiger charge is -2.09. The first-order chi connectivity index (χ1) is 7.79. The normalized spacial score (nSPS) is 20.8. The van der Waals surface area contributed by atoms with E-state index in [0.29, 0.717) is 0 Å². The maximum atomic E-state index is 5.53. The van der Waals surface area contributed by atoms with Crippen molar-refractivity contribution in [2.24, 2.45) is 11.8 Å². The van der Waals surface area contributed by atoms with Crippen molar-refractivity contribution in [3.8, 4) is 0 Å². The summed E-state index contributed by atoms with van der Waals surface area (Å²) in [6.07, 6.45) is 3.65. The Morgan fingerprint density at radius 1 is 1.31 bits per heavy atom. The molecule has 3 heteroatoms. The quantitative estimate of drug-likeness (QED) is 0.614. The van der Waals surface area contributed by atoms with E-state index in [1.54, 1.807) is 0 Å². The Labute approximate surface area is 99.9 Å². The molecule has 1 fully saturated rings. The molecule has 1 aliphatic rings. The fraction of sp³-hybridized carbons (Fsp3) is 1.00. The number of hydrogen-bond acceptors (Lipinski definition) is 3. The van der Waals surface area contributed by atoms with Gasteiger partial charge in [0, 0.05) is 26.4 Å². The summed E-state index contributed by atoms with van der Waals surface area (Å²) in [4.78, 5) is 0. The molecule has 0 aromatic heterocycles. The largest absolute Gasteiger partial charge is 0.381 e. The molecule has 0 amide bonds. The van der Waals surface area contributed by atoms with E-state index in [1.807, 2.05) is 0 Å². The van der Waals surface area contributed by atoms with Crippen LogP contribution in [0.3, 0.4) is 0 Å². The fourth-order valence-electron chi connectivity index (χ4n) is 1.81. The van der Waals surface area contributed by atoms with Gasteiger partial charge < -0.3 is 14.8 Å². The molecule has 96 valence electrons. The molecule has 0 saturated carbocycles. The highest BCUT2D eigenvalue weighted by molar-refractivity contribution is 4.65. The lowest BCUT2D eigenvalue weighted by Crippen LogP contribution is -2.23. The molecule has 16 heavy (non-hydrogen) atoms. The molecule has 1 saturated heterocycles. The smallest absolute Gasteiger partial charge is 0.0590 e. The van der Waals surface area contributed by atoms with Crippen LogP contribution < -0.4 is 5.32 Å². The summed E-state index contributed by atoms with van der Waals surface area (Å²) < 4.78 is 10.9. The highest BCUT2D eigenvalue weighted by atomic mass is 16.5. The maximum absolute atomic E-state index is 5.53. The van der Waals surface area contributed by atoms with E-state index in [1.165, 1.54) is 19.3 Å².